The fourth-order valence-electron chi connectivity index (χ4n) is 1.95. The molecule has 23 heavy (non-hydrogen) atoms. The maximum absolute atomic E-state index is 12.8. The largest absolute Gasteiger partial charge is 0.492 e. The summed E-state index contributed by atoms with van der Waals surface area (Å²) in [5.74, 6) is 0.289. The highest BCUT2D eigenvalue weighted by Crippen LogP contribution is 2.16. The molecule has 0 saturated heterocycles. The van der Waals surface area contributed by atoms with Gasteiger partial charge in [-0.3, -0.25) is 4.79 Å². The van der Waals surface area contributed by atoms with Crippen molar-refractivity contribution in [2.24, 2.45) is 0 Å². The van der Waals surface area contributed by atoms with Crippen molar-refractivity contribution in [2.75, 3.05) is 13.2 Å². The average molecular weight is 313 g/mol. The van der Waals surface area contributed by atoms with Gasteiger partial charge in [0.15, 0.2) is 0 Å². The molecule has 0 radical (unpaired) electrons. The van der Waals surface area contributed by atoms with Gasteiger partial charge in [0, 0.05) is 6.08 Å². The normalized spacial score (nSPS) is 10.7. The third-order valence-corrected chi connectivity index (χ3v) is 3.45. The predicted octanol–water partition coefficient (Wildman–Crippen LogP) is 3.65. The maximum Gasteiger partial charge on any atom is 0.244 e. The van der Waals surface area contributed by atoms with Gasteiger partial charge in [0.1, 0.15) is 18.2 Å². The fraction of sp³-hybridized carbons (Fsp3) is 0.211. The molecule has 0 fully saturated rings. The van der Waals surface area contributed by atoms with Gasteiger partial charge >= 0.3 is 0 Å². The van der Waals surface area contributed by atoms with Crippen molar-refractivity contribution in [1.29, 1.82) is 0 Å². The number of aryl methyl sites for hydroxylation is 2. The first kappa shape index (κ1) is 16.7. The molecule has 2 aromatic rings. The third-order valence-electron chi connectivity index (χ3n) is 3.45. The SMILES string of the molecule is Cc1ccc(OCCNC(=O)/C=C/c2ccc(F)cc2)cc1C. The number of rotatable bonds is 6. The van der Waals surface area contributed by atoms with Gasteiger partial charge in [-0.05, 0) is 60.9 Å². The Morgan fingerprint density at radius 1 is 1.13 bits per heavy atom. The lowest BCUT2D eigenvalue weighted by atomic mass is 10.1. The molecule has 0 bridgehead atoms. The van der Waals surface area contributed by atoms with E-state index in [2.05, 4.69) is 5.32 Å². The van der Waals surface area contributed by atoms with E-state index in [1.54, 1.807) is 18.2 Å². The van der Waals surface area contributed by atoms with Crippen LogP contribution >= 0.6 is 0 Å². The summed E-state index contributed by atoms with van der Waals surface area (Å²) in [4.78, 5) is 11.7. The van der Waals surface area contributed by atoms with Crippen molar-refractivity contribution < 1.29 is 13.9 Å². The van der Waals surface area contributed by atoms with E-state index in [-0.39, 0.29) is 11.7 Å². The molecular weight excluding hydrogens is 293 g/mol. The highest BCUT2D eigenvalue weighted by Gasteiger charge is 1.99. The molecule has 1 amide bonds. The quantitative estimate of drug-likeness (QED) is 0.653. The van der Waals surface area contributed by atoms with Crippen LogP contribution < -0.4 is 10.1 Å². The van der Waals surface area contributed by atoms with Gasteiger partial charge in [-0.25, -0.2) is 4.39 Å². The van der Waals surface area contributed by atoms with Crippen molar-refractivity contribution in [3.63, 3.8) is 0 Å². The Balaban J connectivity index is 1.72. The number of carbonyl (C=O) groups excluding carboxylic acids is 1. The minimum Gasteiger partial charge on any atom is -0.492 e. The Hall–Kier alpha value is -2.62. The minimum atomic E-state index is -0.296. The van der Waals surface area contributed by atoms with Crippen molar-refractivity contribution in [3.8, 4) is 5.75 Å². The zero-order chi connectivity index (χ0) is 16.7. The molecule has 0 heterocycles. The highest BCUT2D eigenvalue weighted by atomic mass is 19.1. The second kappa shape index (κ2) is 8.13. The van der Waals surface area contributed by atoms with Crippen molar-refractivity contribution >= 4 is 12.0 Å². The van der Waals surface area contributed by atoms with E-state index >= 15 is 0 Å². The van der Waals surface area contributed by atoms with Gasteiger partial charge in [0.05, 0.1) is 6.54 Å². The molecule has 0 unspecified atom stereocenters. The minimum absolute atomic E-state index is 0.210. The van der Waals surface area contributed by atoms with Crippen LogP contribution in [0.1, 0.15) is 16.7 Å². The van der Waals surface area contributed by atoms with Crippen LogP contribution in [-0.4, -0.2) is 19.1 Å². The van der Waals surface area contributed by atoms with E-state index in [0.29, 0.717) is 13.2 Å². The van der Waals surface area contributed by atoms with E-state index in [4.69, 9.17) is 4.74 Å². The van der Waals surface area contributed by atoms with Crippen LogP contribution in [0.4, 0.5) is 4.39 Å². The second-order valence-electron chi connectivity index (χ2n) is 5.27. The van der Waals surface area contributed by atoms with Crippen molar-refractivity contribution in [3.05, 3.63) is 71.0 Å². The van der Waals surface area contributed by atoms with Crippen molar-refractivity contribution in [2.45, 2.75) is 13.8 Å². The van der Waals surface area contributed by atoms with E-state index < -0.39 is 0 Å². The Morgan fingerprint density at radius 3 is 2.57 bits per heavy atom. The molecule has 0 saturated carbocycles. The molecular formula is C19H20FNO2. The standard InChI is InChI=1S/C19H20FNO2/c1-14-3-9-18(13-15(14)2)23-12-11-21-19(22)10-6-16-4-7-17(20)8-5-16/h3-10,13H,11-12H2,1-2H3,(H,21,22)/b10-6+. The first-order valence-corrected chi connectivity index (χ1v) is 7.46. The number of hydrogen-bond donors (Lipinski definition) is 1. The summed E-state index contributed by atoms with van der Waals surface area (Å²) in [5.41, 5.74) is 3.17. The lowest BCUT2D eigenvalue weighted by molar-refractivity contribution is -0.116. The molecule has 2 aromatic carbocycles. The summed E-state index contributed by atoms with van der Waals surface area (Å²) in [6.45, 7) is 4.90. The topological polar surface area (TPSA) is 38.3 Å². The summed E-state index contributed by atoms with van der Waals surface area (Å²) >= 11 is 0. The van der Waals surface area contributed by atoms with Crippen LogP contribution in [0.5, 0.6) is 5.75 Å². The number of nitrogens with one attached hydrogen (secondary N) is 1. The molecule has 2 rings (SSSR count). The van der Waals surface area contributed by atoms with Crippen molar-refractivity contribution in [1.82, 2.24) is 5.32 Å². The van der Waals surface area contributed by atoms with Crippen LogP contribution in [0.3, 0.4) is 0 Å². The number of amides is 1. The maximum atomic E-state index is 12.8. The van der Waals surface area contributed by atoms with Crippen LogP contribution in [0.25, 0.3) is 6.08 Å². The number of ether oxygens (including phenoxy) is 1. The Kier molecular flexibility index (Phi) is 5.92. The van der Waals surface area contributed by atoms with E-state index in [9.17, 15) is 9.18 Å². The molecule has 0 aliphatic rings. The summed E-state index contributed by atoms with van der Waals surface area (Å²) < 4.78 is 18.3. The van der Waals surface area contributed by atoms with Gasteiger partial charge in [-0.2, -0.15) is 0 Å². The van der Waals surface area contributed by atoms with Gasteiger partial charge in [0.25, 0.3) is 0 Å². The summed E-state index contributed by atoms with van der Waals surface area (Å²) in [5, 5.41) is 2.74. The van der Waals surface area contributed by atoms with Crippen LogP contribution in [0.2, 0.25) is 0 Å². The smallest absolute Gasteiger partial charge is 0.244 e. The first-order valence-electron chi connectivity index (χ1n) is 7.46. The lowest BCUT2D eigenvalue weighted by Crippen LogP contribution is -2.26. The van der Waals surface area contributed by atoms with Crippen LogP contribution in [0.15, 0.2) is 48.5 Å². The van der Waals surface area contributed by atoms with Gasteiger partial charge in [0.2, 0.25) is 5.91 Å². The number of halogens is 1. The predicted molar refractivity (Wildman–Crippen MR) is 89.9 cm³/mol. The summed E-state index contributed by atoms with van der Waals surface area (Å²) in [7, 11) is 0. The monoisotopic (exact) mass is 313 g/mol. The lowest BCUT2D eigenvalue weighted by Gasteiger charge is -2.08. The van der Waals surface area contributed by atoms with Gasteiger partial charge in [-0.1, -0.05) is 18.2 Å². The second-order valence-corrected chi connectivity index (χ2v) is 5.27. The van der Waals surface area contributed by atoms with Gasteiger partial charge < -0.3 is 10.1 Å². The number of hydrogen-bond acceptors (Lipinski definition) is 2. The Labute approximate surface area is 135 Å². The molecule has 0 aromatic heterocycles. The average Bonchev–Trinajstić information content (AvgIpc) is 2.54. The summed E-state index contributed by atoms with van der Waals surface area (Å²) in [6, 6.07) is 11.8. The molecule has 120 valence electrons. The van der Waals surface area contributed by atoms with Crippen LogP contribution in [-0.2, 0) is 4.79 Å². The summed E-state index contributed by atoms with van der Waals surface area (Å²) in [6.07, 6.45) is 3.06. The fourth-order valence-corrected chi connectivity index (χ4v) is 1.95. The number of benzene rings is 2. The molecule has 1 N–H and O–H groups in total. The molecule has 0 spiro atoms. The first-order chi connectivity index (χ1) is 11.0. The number of carbonyl (C=O) groups is 1. The van der Waals surface area contributed by atoms with E-state index in [1.807, 2.05) is 32.0 Å². The zero-order valence-corrected chi connectivity index (χ0v) is 13.3. The highest BCUT2D eigenvalue weighted by molar-refractivity contribution is 5.91. The molecule has 3 nitrogen and oxygen atoms in total. The molecule has 0 aliphatic carbocycles. The van der Waals surface area contributed by atoms with E-state index in [1.165, 1.54) is 29.3 Å². The third kappa shape index (κ3) is 5.58. The van der Waals surface area contributed by atoms with Gasteiger partial charge in [-0.15, -0.1) is 0 Å². The van der Waals surface area contributed by atoms with Crippen LogP contribution in [0, 0.1) is 19.7 Å². The molecule has 4 heteroatoms. The van der Waals surface area contributed by atoms with E-state index in [0.717, 1.165) is 11.3 Å². The zero-order valence-electron chi connectivity index (χ0n) is 13.3. The molecule has 0 aliphatic heterocycles. The Morgan fingerprint density at radius 2 is 1.87 bits per heavy atom. The molecule has 0 atom stereocenters. The Bertz CT molecular complexity index is 693.